The number of nitrogens with zero attached hydrogens (tertiary/aromatic N) is 2. The van der Waals surface area contributed by atoms with Crippen LogP contribution in [0.4, 0.5) is 0 Å². The van der Waals surface area contributed by atoms with Crippen LogP contribution in [0.1, 0.15) is 51.9 Å². The maximum Gasteiger partial charge on any atom is 0.194 e. The second-order valence-corrected chi connectivity index (χ2v) is 6.96. The van der Waals surface area contributed by atoms with E-state index in [1.54, 1.807) is 0 Å². The first kappa shape index (κ1) is 14.2. The highest BCUT2D eigenvalue weighted by Gasteiger charge is 2.37. The van der Waals surface area contributed by atoms with Gasteiger partial charge in [-0.1, -0.05) is 12.8 Å². The number of rotatable bonds is 3. The molecule has 3 aliphatic rings. The van der Waals surface area contributed by atoms with Crippen molar-refractivity contribution in [3.8, 4) is 0 Å². The van der Waals surface area contributed by atoms with Crippen LogP contribution in [0.3, 0.4) is 0 Å². The average Bonchev–Trinajstić information content (AvgIpc) is 2.85. The summed E-state index contributed by atoms with van der Waals surface area (Å²) in [6.45, 7) is 5.92. The molecular formula is C16H29N3O. The predicted molar refractivity (Wildman–Crippen MR) is 81.8 cm³/mol. The van der Waals surface area contributed by atoms with E-state index >= 15 is 0 Å². The van der Waals surface area contributed by atoms with Crippen LogP contribution in [-0.4, -0.2) is 47.7 Å². The molecule has 1 saturated heterocycles. The van der Waals surface area contributed by atoms with Crippen molar-refractivity contribution in [2.24, 2.45) is 16.8 Å². The van der Waals surface area contributed by atoms with E-state index in [-0.39, 0.29) is 0 Å². The standard InChI is InChI=1S/C16H29N3O/c1-2-17-15(18-12-16(20)8-5-9-16)19-10-13-6-3-4-7-14(13)11-19/h13-14,20H,2-12H2,1H3,(H,17,18). The number of guanidine groups is 1. The lowest BCUT2D eigenvalue weighted by Crippen LogP contribution is -2.44. The van der Waals surface area contributed by atoms with E-state index in [9.17, 15) is 5.11 Å². The lowest BCUT2D eigenvalue weighted by Gasteiger charge is -2.35. The van der Waals surface area contributed by atoms with Crippen LogP contribution in [0.5, 0.6) is 0 Å². The Morgan fingerprint density at radius 3 is 2.35 bits per heavy atom. The minimum absolute atomic E-state index is 0.507. The van der Waals surface area contributed by atoms with Crippen molar-refractivity contribution in [2.45, 2.75) is 57.5 Å². The molecule has 0 aromatic rings. The van der Waals surface area contributed by atoms with Gasteiger partial charge < -0.3 is 15.3 Å². The second-order valence-electron chi connectivity index (χ2n) is 6.96. The molecule has 0 aromatic carbocycles. The molecule has 0 spiro atoms. The molecule has 0 bridgehead atoms. The van der Waals surface area contributed by atoms with Gasteiger partial charge in [0.2, 0.25) is 0 Å². The van der Waals surface area contributed by atoms with Gasteiger partial charge in [0.15, 0.2) is 5.96 Å². The van der Waals surface area contributed by atoms with Gasteiger partial charge in [-0.2, -0.15) is 0 Å². The molecule has 3 rings (SSSR count). The molecule has 0 radical (unpaired) electrons. The number of aliphatic imine (C=N–C) groups is 1. The Morgan fingerprint density at radius 1 is 1.20 bits per heavy atom. The Labute approximate surface area is 122 Å². The van der Waals surface area contributed by atoms with Crippen molar-refractivity contribution < 1.29 is 5.11 Å². The van der Waals surface area contributed by atoms with Gasteiger partial charge in [-0.15, -0.1) is 0 Å². The van der Waals surface area contributed by atoms with Crippen molar-refractivity contribution in [2.75, 3.05) is 26.2 Å². The Kier molecular flexibility index (Phi) is 4.20. The number of nitrogens with one attached hydrogen (secondary N) is 1. The van der Waals surface area contributed by atoms with Crippen molar-refractivity contribution in [3.05, 3.63) is 0 Å². The van der Waals surface area contributed by atoms with E-state index in [0.717, 1.165) is 56.7 Å². The quantitative estimate of drug-likeness (QED) is 0.613. The van der Waals surface area contributed by atoms with Gasteiger partial charge in [0.1, 0.15) is 0 Å². The molecule has 2 saturated carbocycles. The van der Waals surface area contributed by atoms with Gasteiger partial charge in [-0.25, -0.2) is 0 Å². The molecule has 1 heterocycles. The summed E-state index contributed by atoms with van der Waals surface area (Å²) < 4.78 is 0. The lowest BCUT2D eigenvalue weighted by molar-refractivity contribution is -0.0237. The SMILES string of the molecule is CCNC(=NCC1(O)CCC1)N1CC2CCCCC2C1. The Bertz CT molecular complexity index is 351. The topological polar surface area (TPSA) is 47.9 Å². The minimum Gasteiger partial charge on any atom is -0.388 e. The normalized spacial score (nSPS) is 32.7. The van der Waals surface area contributed by atoms with E-state index in [2.05, 4.69) is 17.1 Å². The maximum absolute atomic E-state index is 10.2. The van der Waals surface area contributed by atoms with E-state index in [0.29, 0.717) is 6.54 Å². The highest BCUT2D eigenvalue weighted by Crippen LogP contribution is 2.36. The molecule has 0 aromatic heterocycles. The minimum atomic E-state index is -0.507. The van der Waals surface area contributed by atoms with Crippen LogP contribution in [0.15, 0.2) is 4.99 Å². The predicted octanol–water partition coefficient (Wildman–Crippen LogP) is 1.99. The van der Waals surface area contributed by atoms with Crippen LogP contribution in [-0.2, 0) is 0 Å². The summed E-state index contributed by atoms with van der Waals surface area (Å²) in [5.74, 6) is 2.78. The molecule has 0 amide bonds. The molecule has 2 aliphatic carbocycles. The van der Waals surface area contributed by atoms with Crippen LogP contribution in [0, 0.1) is 11.8 Å². The molecule has 2 N–H and O–H groups in total. The van der Waals surface area contributed by atoms with Crippen LogP contribution in [0.2, 0.25) is 0 Å². The van der Waals surface area contributed by atoms with Gasteiger partial charge in [0.05, 0.1) is 12.1 Å². The zero-order valence-electron chi connectivity index (χ0n) is 12.8. The van der Waals surface area contributed by atoms with Crippen molar-refractivity contribution in [3.63, 3.8) is 0 Å². The van der Waals surface area contributed by atoms with E-state index in [4.69, 9.17) is 4.99 Å². The van der Waals surface area contributed by atoms with Gasteiger partial charge in [0, 0.05) is 19.6 Å². The molecule has 2 unspecified atom stereocenters. The number of hydrogen-bond acceptors (Lipinski definition) is 2. The number of hydrogen-bond donors (Lipinski definition) is 2. The third-order valence-corrected chi connectivity index (χ3v) is 5.42. The molecule has 3 fully saturated rings. The zero-order chi connectivity index (χ0) is 14.0. The highest BCUT2D eigenvalue weighted by molar-refractivity contribution is 5.80. The van der Waals surface area contributed by atoms with Crippen molar-refractivity contribution in [1.29, 1.82) is 0 Å². The summed E-state index contributed by atoms with van der Waals surface area (Å²) >= 11 is 0. The first-order valence-corrected chi connectivity index (χ1v) is 8.46. The maximum atomic E-state index is 10.2. The molecule has 20 heavy (non-hydrogen) atoms. The summed E-state index contributed by atoms with van der Waals surface area (Å²) in [5, 5.41) is 13.6. The summed E-state index contributed by atoms with van der Waals surface area (Å²) in [5.41, 5.74) is -0.507. The lowest BCUT2D eigenvalue weighted by atomic mass is 9.80. The Balaban J connectivity index is 1.62. The Hall–Kier alpha value is -0.770. The monoisotopic (exact) mass is 279 g/mol. The molecule has 2 atom stereocenters. The second kappa shape index (κ2) is 5.92. The highest BCUT2D eigenvalue weighted by atomic mass is 16.3. The van der Waals surface area contributed by atoms with Crippen molar-refractivity contribution >= 4 is 5.96 Å². The number of likely N-dealkylation sites (tertiary alicyclic amines) is 1. The molecule has 4 heteroatoms. The van der Waals surface area contributed by atoms with E-state index < -0.39 is 5.60 Å². The molecule has 1 aliphatic heterocycles. The fourth-order valence-corrected chi connectivity index (χ4v) is 3.97. The largest absolute Gasteiger partial charge is 0.388 e. The van der Waals surface area contributed by atoms with Gasteiger partial charge >= 0.3 is 0 Å². The number of aliphatic hydroxyl groups is 1. The van der Waals surface area contributed by atoms with Crippen LogP contribution >= 0.6 is 0 Å². The summed E-state index contributed by atoms with van der Waals surface area (Å²) in [4.78, 5) is 7.17. The van der Waals surface area contributed by atoms with E-state index in [1.165, 1.54) is 25.7 Å². The third kappa shape index (κ3) is 2.95. The molecule has 4 nitrogen and oxygen atoms in total. The fraction of sp³-hybridized carbons (Fsp3) is 0.938. The summed E-state index contributed by atoms with van der Waals surface area (Å²) in [7, 11) is 0. The molecular weight excluding hydrogens is 250 g/mol. The van der Waals surface area contributed by atoms with Crippen LogP contribution < -0.4 is 5.32 Å². The van der Waals surface area contributed by atoms with Gasteiger partial charge in [0.25, 0.3) is 0 Å². The third-order valence-electron chi connectivity index (χ3n) is 5.42. The van der Waals surface area contributed by atoms with Gasteiger partial charge in [-0.3, -0.25) is 4.99 Å². The summed E-state index contributed by atoms with van der Waals surface area (Å²) in [6.07, 6.45) is 8.58. The number of fused-ring (bicyclic) bond motifs is 1. The first-order valence-electron chi connectivity index (χ1n) is 8.46. The smallest absolute Gasteiger partial charge is 0.194 e. The molecule has 114 valence electrons. The first-order chi connectivity index (χ1) is 9.70. The zero-order valence-corrected chi connectivity index (χ0v) is 12.8. The summed E-state index contributed by atoms with van der Waals surface area (Å²) in [6, 6.07) is 0. The fourth-order valence-electron chi connectivity index (χ4n) is 3.97. The van der Waals surface area contributed by atoms with Crippen LogP contribution in [0.25, 0.3) is 0 Å². The Morgan fingerprint density at radius 2 is 1.85 bits per heavy atom. The van der Waals surface area contributed by atoms with Gasteiger partial charge in [-0.05, 0) is 50.9 Å². The van der Waals surface area contributed by atoms with E-state index in [1.807, 2.05) is 0 Å². The average molecular weight is 279 g/mol. The van der Waals surface area contributed by atoms with Crippen molar-refractivity contribution in [1.82, 2.24) is 10.2 Å².